The lowest BCUT2D eigenvalue weighted by Gasteiger charge is -2.30. The monoisotopic (exact) mass is 348 g/mol. The molecule has 2 aromatic carbocycles. The van der Waals surface area contributed by atoms with Crippen LogP contribution in [0.4, 0.5) is 0 Å². The fourth-order valence-corrected chi connectivity index (χ4v) is 3.67. The number of carbonyl (C=O) groups excluding carboxylic acids is 1. The minimum atomic E-state index is -0.00990. The van der Waals surface area contributed by atoms with Crippen molar-refractivity contribution < 1.29 is 4.79 Å². The minimum Gasteiger partial charge on any atom is -0.348 e. The molecule has 1 fully saturated rings. The van der Waals surface area contributed by atoms with E-state index in [1.807, 2.05) is 49.4 Å². The van der Waals surface area contributed by atoms with Gasteiger partial charge in [0.15, 0.2) is 0 Å². The summed E-state index contributed by atoms with van der Waals surface area (Å²) < 4.78 is 2.12. The molecule has 0 bridgehead atoms. The number of benzene rings is 2. The van der Waals surface area contributed by atoms with Crippen LogP contribution in [0.5, 0.6) is 0 Å². The largest absolute Gasteiger partial charge is 0.348 e. The summed E-state index contributed by atoms with van der Waals surface area (Å²) in [6.45, 7) is 6.06. The lowest BCUT2D eigenvalue weighted by molar-refractivity contribution is 0.0915. The van der Waals surface area contributed by atoms with Gasteiger partial charge < -0.3 is 10.6 Å². The van der Waals surface area contributed by atoms with E-state index in [0.29, 0.717) is 11.5 Å². The zero-order chi connectivity index (χ0) is 18.1. The molecular formula is C21H24N4O. The molecule has 5 heteroatoms. The molecule has 1 aromatic heterocycles. The van der Waals surface area contributed by atoms with Crippen LogP contribution in [-0.2, 0) is 0 Å². The average Bonchev–Trinajstić information content (AvgIpc) is 2.99. The number of para-hydroxylation sites is 2. The van der Waals surface area contributed by atoms with Crippen LogP contribution in [0.15, 0.2) is 48.5 Å². The number of carbonyl (C=O) groups is 1. The molecule has 134 valence electrons. The van der Waals surface area contributed by atoms with Gasteiger partial charge in [-0.2, -0.15) is 0 Å². The molecule has 1 amide bonds. The Labute approximate surface area is 153 Å². The molecular weight excluding hydrogens is 324 g/mol. The van der Waals surface area contributed by atoms with E-state index in [9.17, 15) is 4.79 Å². The van der Waals surface area contributed by atoms with Gasteiger partial charge in [-0.25, -0.2) is 4.98 Å². The Morgan fingerprint density at radius 1 is 1.19 bits per heavy atom. The highest BCUT2D eigenvalue weighted by atomic mass is 16.1. The summed E-state index contributed by atoms with van der Waals surface area (Å²) >= 11 is 0. The molecule has 2 heterocycles. The summed E-state index contributed by atoms with van der Waals surface area (Å²) in [4.78, 5) is 17.2. The Kier molecular flexibility index (Phi) is 4.47. The van der Waals surface area contributed by atoms with E-state index in [2.05, 4.69) is 33.2 Å². The van der Waals surface area contributed by atoms with Crippen molar-refractivity contribution in [2.45, 2.75) is 26.3 Å². The molecule has 2 N–H and O–H groups in total. The van der Waals surface area contributed by atoms with Crippen LogP contribution in [0.1, 0.15) is 29.5 Å². The Morgan fingerprint density at radius 3 is 2.73 bits per heavy atom. The first kappa shape index (κ1) is 16.8. The quantitative estimate of drug-likeness (QED) is 0.765. The molecule has 2 atom stereocenters. The Hall–Kier alpha value is -2.66. The number of hydrogen-bond donors (Lipinski definition) is 2. The van der Waals surface area contributed by atoms with Gasteiger partial charge in [0, 0.05) is 23.8 Å². The van der Waals surface area contributed by atoms with Gasteiger partial charge in [-0.15, -0.1) is 0 Å². The van der Waals surface area contributed by atoms with Gasteiger partial charge in [0.1, 0.15) is 5.82 Å². The average molecular weight is 348 g/mol. The third-order valence-electron chi connectivity index (χ3n) is 5.26. The summed E-state index contributed by atoms with van der Waals surface area (Å²) in [5, 5.41) is 6.51. The summed E-state index contributed by atoms with van der Waals surface area (Å²) in [5.74, 6) is 1.43. The maximum Gasteiger partial charge on any atom is 0.251 e. The number of amides is 1. The van der Waals surface area contributed by atoms with Gasteiger partial charge in [-0.05, 0) is 62.2 Å². The second kappa shape index (κ2) is 6.92. The molecule has 1 aliphatic heterocycles. The third-order valence-corrected chi connectivity index (χ3v) is 5.26. The van der Waals surface area contributed by atoms with E-state index in [1.165, 1.54) is 0 Å². The number of fused-ring (bicyclic) bond motifs is 1. The molecule has 1 unspecified atom stereocenters. The predicted octanol–water partition coefficient (Wildman–Crippen LogP) is 3.06. The standard InChI is InChI=1S/C21H24N4O/c1-14-11-12-22-13-19(14)24-21(26)16-7-9-17(10-8-16)25-15(2)23-18-5-3-4-6-20(18)25/h3-10,14,19,22H,11-13H2,1-2H3,(H,24,26)/t14-,19?/m1/s1. The number of aromatic nitrogens is 2. The molecule has 26 heavy (non-hydrogen) atoms. The smallest absolute Gasteiger partial charge is 0.251 e. The highest BCUT2D eigenvalue weighted by Gasteiger charge is 2.23. The number of aryl methyl sites for hydroxylation is 1. The predicted molar refractivity (Wildman–Crippen MR) is 104 cm³/mol. The highest BCUT2D eigenvalue weighted by Crippen LogP contribution is 2.21. The van der Waals surface area contributed by atoms with Gasteiger partial charge in [-0.1, -0.05) is 19.1 Å². The molecule has 0 radical (unpaired) electrons. The Bertz CT molecular complexity index is 929. The SMILES string of the molecule is Cc1nc2ccccc2n1-c1ccc(C(=O)NC2CNCC[C@H]2C)cc1. The number of hydrogen-bond acceptors (Lipinski definition) is 3. The normalized spacial score (nSPS) is 20.2. The molecule has 1 aliphatic rings. The van der Waals surface area contributed by atoms with Crippen molar-refractivity contribution in [3.05, 3.63) is 59.9 Å². The number of nitrogens with zero attached hydrogens (tertiary/aromatic N) is 2. The first-order valence-electron chi connectivity index (χ1n) is 9.19. The van der Waals surface area contributed by atoms with Crippen molar-refractivity contribution in [2.24, 2.45) is 5.92 Å². The van der Waals surface area contributed by atoms with E-state index in [0.717, 1.165) is 42.1 Å². The molecule has 0 saturated carbocycles. The van der Waals surface area contributed by atoms with Crippen LogP contribution in [0.25, 0.3) is 16.7 Å². The van der Waals surface area contributed by atoms with Crippen LogP contribution in [0.2, 0.25) is 0 Å². The van der Waals surface area contributed by atoms with Gasteiger partial charge in [0.25, 0.3) is 5.91 Å². The number of piperidine rings is 1. The second-order valence-corrected chi connectivity index (χ2v) is 7.08. The summed E-state index contributed by atoms with van der Waals surface area (Å²) in [7, 11) is 0. The van der Waals surface area contributed by atoms with Crippen LogP contribution in [0.3, 0.4) is 0 Å². The summed E-state index contributed by atoms with van der Waals surface area (Å²) in [5.41, 5.74) is 3.75. The molecule has 0 spiro atoms. The lowest BCUT2D eigenvalue weighted by atomic mass is 9.94. The van der Waals surface area contributed by atoms with E-state index in [-0.39, 0.29) is 11.9 Å². The zero-order valence-corrected chi connectivity index (χ0v) is 15.2. The van der Waals surface area contributed by atoms with Crippen molar-refractivity contribution in [3.8, 4) is 5.69 Å². The molecule has 0 aliphatic carbocycles. The highest BCUT2D eigenvalue weighted by molar-refractivity contribution is 5.94. The maximum absolute atomic E-state index is 12.6. The Balaban J connectivity index is 1.56. The van der Waals surface area contributed by atoms with Gasteiger partial charge in [-0.3, -0.25) is 9.36 Å². The fraction of sp³-hybridized carbons (Fsp3) is 0.333. The lowest BCUT2D eigenvalue weighted by Crippen LogP contribution is -2.50. The van der Waals surface area contributed by atoms with E-state index in [1.54, 1.807) is 0 Å². The van der Waals surface area contributed by atoms with Crippen molar-refractivity contribution in [3.63, 3.8) is 0 Å². The molecule has 4 rings (SSSR count). The number of nitrogens with one attached hydrogen (secondary N) is 2. The van der Waals surface area contributed by atoms with Crippen molar-refractivity contribution in [1.29, 1.82) is 0 Å². The maximum atomic E-state index is 12.6. The Morgan fingerprint density at radius 2 is 1.96 bits per heavy atom. The fourth-order valence-electron chi connectivity index (χ4n) is 3.67. The minimum absolute atomic E-state index is 0.00990. The van der Waals surface area contributed by atoms with Crippen LogP contribution < -0.4 is 10.6 Å². The van der Waals surface area contributed by atoms with Crippen LogP contribution in [0, 0.1) is 12.8 Å². The summed E-state index contributed by atoms with van der Waals surface area (Å²) in [6.07, 6.45) is 1.09. The topological polar surface area (TPSA) is 59.0 Å². The van der Waals surface area contributed by atoms with Gasteiger partial charge in [0.2, 0.25) is 0 Å². The number of rotatable bonds is 3. The van der Waals surface area contributed by atoms with E-state index >= 15 is 0 Å². The van der Waals surface area contributed by atoms with Crippen molar-refractivity contribution in [1.82, 2.24) is 20.2 Å². The van der Waals surface area contributed by atoms with Gasteiger partial charge >= 0.3 is 0 Å². The molecule has 1 saturated heterocycles. The first-order valence-corrected chi connectivity index (χ1v) is 9.19. The number of imidazole rings is 1. The van der Waals surface area contributed by atoms with Crippen molar-refractivity contribution in [2.75, 3.05) is 13.1 Å². The second-order valence-electron chi connectivity index (χ2n) is 7.08. The molecule has 3 aromatic rings. The van der Waals surface area contributed by atoms with E-state index in [4.69, 9.17) is 0 Å². The van der Waals surface area contributed by atoms with E-state index < -0.39 is 0 Å². The first-order chi connectivity index (χ1) is 12.6. The third kappa shape index (κ3) is 3.10. The van der Waals surface area contributed by atoms with Gasteiger partial charge in [0.05, 0.1) is 11.0 Å². The molecule has 5 nitrogen and oxygen atoms in total. The van der Waals surface area contributed by atoms with Crippen molar-refractivity contribution >= 4 is 16.9 Å². The zero-order valence-electron chi connectivity index (χ0n) is 15.2. The summed E-state index contributed by atoms with van der Waals surface area (Å²) in [6, 6.07) is 16.0. The van der Waals surface area contributed by atoms with Crippen LogP contribution >= 0.6 is 0 Å². The van der Waals surface area contributed by atoms with Crippen LogP contribution in [-0.4, -0.2) is 34.6 Å².